The third-order valence-electron chi connectivity index (χ3n) is 4.43. The van der Waals surface area contributed by atoms with E-state index in [9.17, 15) is 9.90 Å². The van der Waals surface area contributed by atoms with Crippen molar-refractivity contribution in [2.24, 2.45) is 0 Å². The summed E-state index contributed by atoms with van der Waals surface area (Å²) in [5.41, 5.74) is 1.04. The first kappa shape index (κ1) is 18.6. The molecule has 1 saturated heterocycles. The van der Waals surface area contributed by atoms with E-state index in [-0.39, 0.29) is 18.2 Å². The van der Waals surface area contributed by atoms with Crippen molar-refractivity contribution in [3.63, 3.8) is 0 Å². The second-order valence-corrected chi connectivity index (χ2v) is 8.01. The maximum absolute atomic E-state index is 12.6. The number of aliphatic hydroxyl groups is 1. The number of aromatic nitrogens is 3. The molecule has 1 amide bonds. The fourth-order valence-electron chi connectivity index (χ4n) is 3.28. The molecule has 142 valence electrons. The molecule has 2 aromatic rings. The summed E-state index contributed by atoms with van der Waals surface area (Å²) in [6.45, 7) is 8.65. The number of nitrogens with zero attached hydrogens (tertiary/aromatic N) is 3. The molecule has 0 unspecified atom stereocenters. The molecule has 1 fully saturated rings. The average molecular weight is 360 g/mol. The van der Waals surface area contributed by atoms with E-state index < -0.39 is 0 Å². The van der Waals surface area contributed by atoms with Crippen molar-refractivity contribution in [1.29, 1.82) is 0 Å². The molecule has 8 nitrogen and oxygen atoms in total. The molecule has 0 aromatic carbocycles. The summed E-state index contributed by atoms with van der Waals surface area (Å²) in [5.74, 6) is 0.425. The molecule has 0 radical (unpaired) electrons. The lowest BCUT2D eigenvalue weighted by atomic mass is 10.0. The molecule has 0 bridgehead atoms. The monoisotopic (exact) mass is 360 g/mol. The predicted molar refractivity (Wildman–Crippen MR) is 101 cm³/mol. The second kappa shape index (κ2) is 7.20. The number of hydrogen-bond acceptors (Lipinski definition) is 6. The Morgan fingerprint density at radius 1 is 1.46 bits per heavy atom. The lowest BCUT2D eigenvalue weighted by Gasteiger charge is -2.28. The van der Waals surface area contributed by atoms with Crippen LogP contribution in [0.25, 0.3) is 11.2 Å². The van der Waals surface area contributed by atoms with Crippen LogP contribution in [0.15, 0.2) is 12.4 Å². The van der Waals surface area contributed by atoms with Gasteiger partial charge in [0.2, 0.25) is 0 Å². The Hall–Kier alpha value is -2.19. The van der Waals surface area contributed by atoms with Gasteiger partial charge >= 0.3 is 0 Å². The van der Waals surface area contributed by atoms with Gasteiger partial charge in [-0.3, -0.25) is 4.79 Å². The summed E-state index contributed by atoms with van der Waals surface area (Å²) in [7, 11) is 0. The summed E-state index contributed by atoms with van der Waals surface area (Å²) >= 11 is 0. The van der Waals surface area contributed by atoms with E-state index >= 15 is 0 Å². The van der Waals surface area contributed by atoms with Crippen LogP contribution in [0.4, 0.5) is 5.82 Å². The van der Waals surface area contributed by atoms with Crippen molar-refractivity contribution in [3.05, 3.63) is 18.0 Å². The van der Waals surface area contributed by atoms with Gasteiger partial charge in [-0.1, -0.05) is 0 Å². The van der Waals surface area contributed by atoms with Crippen LogP contribution in [0.3, 0.4) is 0 Å². The van der Waals surface area contributed by atoms with Gasteiger partial charge in [0.25, 0.3) is 5.91 Å². The van der Waals surface area contributed by atoms with Crippen LogP contribution in [0, 0.1) is 0 Å². The van der Waals surface area contributed by atoms with Gasteiger partial charge < -0.3 is 25.6 Å². The highest BCUT2D eigenvalue weighted by Gasteiger charge is 2.23. The van der Waals surface area contributed by atoms with Gasteiger partial charge in [0.1, 0.15) is 18.1 Å². The zero-order chi connectivity index (χ0) is 18.9. The van der Waals surface area contributed by atoms with Crippen LogP contribution in [0.5, 0.6) is 0 Å². The summed E-state index contributed by atoms with van der Waals surface area (Å²) < 4.78 is 1.52. The van der Waals surface area contributed by atoms with E-state index in [1.807, 2.05) is 20.8 Å². The molecule has 26 heavy (non-hydrogen) atoms. The number of carbonyl (C=O) groups is 1. The predicted octanol–water partition coefficient (Wildman–Crippen LogP) is 1.46. The topological polar surface area (TPSA) is 104 Å². The smallest absolute Gasteiger partial charge is 0.255 e. The summed E-state index contributed by atoms with van der Waals surface area (Å²) in [4.78, 5) is 21.7. The summed E-state index contributed by atoms with van der Waals surface area (Å²) in [5, 5.41) is 19.4. The number of rotatable bonds is 4. The van der Waals surface area contributed by atoms with Crippen molar-refractivity contribution < 1.29 is 9.90 Å². The van der Waals surface area contributed by atoms with Gasteiger partial charge in [-0.25, -0.2) is 9.97 Å². The molecular weight excluding hydrogens is 332 g/mol. The SMILES string of the molecule is C[C@H]1C[C@@H](Nc2cnc3c(n2)c(C(=O)NC(C)(C)C)cn3CO)CCN1. The molecular formula is C18H28N6O2. The van der Waals surface area contributed by atoms with Crippen molar-refractivity contribution in [2.45, 2.75) is 64.9 Å². The molecule has 0 saturated carbocycles. The number of nitrogens with one attached hydrogen (secondary N) is 3. The average Bonchev–Trinajstić information content (AvgIpc) is 2.91. The van der Waals surface area contributed by atoms with E-state index in [2.05, 4.69) is 32.8 Å². The highest BCUT2D eigenvalue weighted by molar-refractivity contribution is 6.05. The largest absolute Gasteiger partial charge is 0.376 e. The molecule has 8 heteroatoms. The van der Waals surface area contributed by atoms with E-state index in [1.54, 1.807) is 12.4 Å². The molecule has 2 atom stereocenters. The van der Waals surface area contributed by atoms with E-state index in [4.69, 9.17) is 0 Å². The van der Waals surface area contributed by atoms with Crippen LogP contribution < -0.4 is 16.0 Å². The van der Waals surface area contributed by atoms with E-state index in [1.165, 1.54) is 4.57 Å². The fourth-order valence-corrected chi connectivity index (χ4v) is 3.28. The van der Waals surface area contributed by atoms with Crippen molar-refractivity contribution in [2.75, 3.05) is 11.9 Å². The lowest BCUT2D eigenvalue weighted by molar-refractivity contribution is 0.0920. The quantitative estimate of drug-likeness (QED) is 0.658. The molecule has 4 N–H and O–H groups in total. The minimum atomic E-state index is -0.362. The first-order valence-corrected chi connectivity index (χ1v) is 9.06. The Morgan fingerprint density at radius 3 is 2.88 bits per heavy atom. The molecule has 3 heterocycles. The van der Waals surface area contributed by atoms with Crippen LogP contribution >= 0.6 is 0 Å². The Bertz CT molecular complexity index is 795. The zero-order valence-electron chi connectivity index (χ0n) is 15.8. The lowest BCUT2D eigenvalue weighted by Crippen LogP contribution is -2.41. The molecule has 1 aliphatic heterocycles. The molecule has 0 spiro atoms. The zero-order valence-corrected chi connectivity index (χ0v) is 15.8. The van der Waals surface area contributed by atoms with E-state index in [0.717, 1.165) is 19.4 Å². The van der Waals surface area contributed by atoms with Gasteiger partial charge in [0.05, 0.1) is 11.8 Å². The molecule has 1 aliphatic rings. The van der Waals surface area contributed by atoms with Crippen molar-refractivity contribution in [1.82, 2.24) is 25.2 Å². The molecule has 0 aliphatic carbocycles. The van der Waals surface area contributed by atoms with Gasteiger partial charge in [-0.05, 0) is 47.1 Å². The maximum atomic E-state index is 12.6. The van der Waals surface area contributed by atoms with Gasteiger partial charge in [-0.15, -0.1) is 0 Å². The van der Waals surface area contributed by atoms with Crippen LogP contribution in [0.2, 0.25) is 0 Å². The van der Waals surface area contributed by atoms with Gasteiger partial charge in [-0.2, -0.15) is 0 Å². The van der Waals surface area contributed by atoms with Crippen molar-refractivity contribution in [3.8, 4) is 0 Å². The highest BCUT2D eigenvalue weighted by atomic mass is 16.3. The minimum Gasteiger partial charge on any atom is -0.376 e. The Labute approximate surface area is 153 Å². The number of hydrogen-bond donors (Lipinski definition) is 4. The number of anilines is 1. The standard InChI is InChI=1S/C18H28N6O2/c1-11-7-12(5-6-19-11)21-14-8-20-16-15(22-14)13(9-24(16)10-25)17(26)23-18(2,3)4/h8-9,11-12,19,25H,5-7,10H2,1-4H3,(H,21,22)(H,23,26)/t11-,12-/m0/s1. The number of aliphatic hydroxyl groups excluding tert-OH is 1. The van der Waals surface area contributed by atoms with Crippen molar-refractivity contribution >= 4 is 22.9 Å². The molecule has 2 aromatic heterocycles. The fraction of sp³-hybridized carbons (Fsp3) is 0.611. The Morgan fingerprint density at radius 2 is 2.23 bits per heavy atom. The Balaban J connectivity index is 1.91. The van der Waals surface area contributed by atoms with E-state index in [0.29, 0.717) is 34.6 Å². The first-order chi connectivity index (χ1) is 12.3. The summed E-state index contributed by atoms with van der Waals surface area (Å²) in [6, 6.07) is 0.784. The number of amides is 1. The third-order valence-corrected chi connectivity index (χ3v) is 4.43. The van der Waals surface area contributed by atoms with Crippen LogP contribution in [-0.2, 0) is 6.73 Å². The number of piperidine rings is 1. The summed E-state index contributed by atoms with van der Waals surface area (Å²) in [6.07, 6.45) is 5.28. The van der Waals surface area contributed by atoms with Crippen LogP contribution in [0.1, 0.15) is 50.9 Å². The number of carbonyl (C=O) groups excluding carboxylic acids is 1. The van der Waals surface area contributed by atoms with Gasteiger partial charge in [0.15, 0.2) is 5.65 Å². The van der Waals surface area contributed by atoms with Gasteiger partial charge in [0, 0.05) is 23.8 Å². The second-order valence-electron chi connectivity index (χ2n) is 8.01. The normalized spacial score (nSPS) is 21.0. The maximum Gasteiger partial charge on any atom is 0.255 e. The highest BCUT2D eigenvalue weighted by Crippen LogP contribution is 2.22. The van der Waals surface area contributed by atoms with Crippen LogP contribution in [-0.4, -0.2) is 49.7 Å². The first-order valence-electron chi connectivity index (χ1n) is 9.06. The third kappa shape index (κ3) is 4.13. The number of fused-ring (bicyclic) bond motifs is 1. The minimum absolute atomic E-state index is 0.225. The Kier molecular flexibility index (Phi) is 5.15. The molecule has 3 rings (SSSR count).